The molecule has 2 amide bonds. The topological polar surface area (TPSA) is 117 Å². The van der Waals surface area contributed by atoms with E-state index in [9.17, 15) is 18.0 Å². The average molecular weight is 557 g/mol. The number of anilines is 1. The molecule has 0 radical (unpaired) electrons. The van der Waals surface area contributed by atoms with Gasteiger partial charge in [0, 0.05) is 5.56 Å². The first-order valence-electron chi connectivity index (χ1n) is 12.6. The lowest BCUT2D eigenvalue weighted by Gasteiger charge is -2.34. The van der Waals surface area contributed by atoms with Crippen LogP contribution < -0.4 is 5.43 Å². The van der Waals surface area contributed by atoms with Gasteiger partial charge in [-0.1, -0.05) is 91.0 Å². The van der Waals surface area contributed by atoms with E-state index in [1.54, 1.807) is 65.3 Å². The summed E-state index contributed by atoms with van der Waals surface area (Å²) in [5.41, 5.74) is 6.03. The van der Waals surface area contributed by atoms with Crippen molar-refractivity contribution in [1.29, 1.82) is 0 Å². The van der Waals surface area contributed by atoms with E-state index in [1.807, 2.05) is 44.2 Å². The summed E-state index contributed by atoms with van der Waals surface area (Å²) in [4.78, 5) is 27.1. The molecular weight excluding hydrogens is 528 g/mol. The largest absolute Gasteiger partial charge is 0.332 e. The monoisotopic (exact) mass is 556 g/mol. The minimum atomic E-state index is -4.49. The van der Waals surface area contributed by atoms with E-state index in [0.29, 0.717) is 32.1 Å². The maximum absolute atomic E-state index is 13.6. The Morgan fingerprint density at radius 1 is 0.700 bits per heavy atom. The lowest BCUT2D eigenvalue weighted by Crippen LogP contribution is -2.59. The van der Waals surface area contributed by atoms with Crippen LogP contribution in [0.1, 0.15) is 27.9 Å². The molecule has 0 saturated carbocycles. The van der Waals surface area contributed by atoms with E-state index in [1.165, 1.54) is 0 Å². The highest BCUT2D eigenvalue weighted by molar-refractivity contribution is 7.88. The van der Waals surface area contributed by atoms with Crippen molar-refractivity contribution in [2.45, 2.75) is 33.5 Å². The second-order valence-electron chi connectivity index (χ2n) is 9.38. The standard InChI is InChI=1S/C29H28N6O4S/c1-21-22(2)32-33(18-23-12-6-3-7-13-23)27(21)31-30-26-28(36)34(19-24-14-8-4-9-15-24)40(38,39)35(29(26)37)20-25-16-10-5-11-17-25/h3-17,31H,18-20H2,1-2H3. The summed E-state index contributed by atoms with van der Waals surface area (Å²) in [5.74, 6) is -1.52. The first-order chi connectivity index (χ1) is 19.3. The van der Waals surface area contributed by atoms with Crippen LogP contribution in [0.25, 0.3) is 0 Å². The fourth-order valence-electron chi connectivity index (χ4n) is 4.35. The van der Waals surface area contributed by atoms with E-state index in [4.69, 9.17) is 0 Å². The second-order valence-corrected chi connectivity index (χ2v) is 11.2. The number of amides is 2. The number of hydrazone groups is 1. The zero-order chi connectivity index (χ0) is 28.3. The van der Waals surface area contributed by atoms with Crippen LogP contribution in [0.3, 0.4) is 0 Å². The third-order valence-electron chi connectivity index (χ3n) is 6.63. The summed E-state index contributed by atoms with van der Waals surface area (Å²) < 4.78 is 30.3. The van der Waals surface area contributed by atoms with Gasteiger partial charge in [0.2, 0.25) is 5.71 Å². The smallest absolute Gasteiger partial charge is 0.266 e. The molecule has 1 aliphatic heterocycles. The summed E-state index contributed by atoms with van der Waals surface area (Å²) in [6.45, 7) is 3.64. The molecule has 204 valence electrons. The molecule has 0 unspecified atom stereocenters. The molecule has 1 fully saturated rings. The second kappa shape index (κ2) is 11.1. The molecule has 11 heteroatoms. The highest BCUT2D eigenvalue weighted by atomic mass is 32.2. The Morgan fingerprint density at radius 3 is 1.57 bits per heavy atom. The number of hydrogen-bond acceptors (Lipinski definition) is 7. The summed E-state index contributed by atoms with van der Waals surface area (Å²) in [6.07, 6.45) is 0. The normalized spacial score (nSPS) is 14.9. The lowest BCUT2D eigenvalue weighted by atomic mass is 10.2. The fourth-order valence-corrected chi connectivity index (χ4v) is 5.80. The summed E-state index contributed by atoms with van der Waals surface area (Å²) in [6, 6.07) is 27.1. The molecule has 0 aliphatic carbocycles. The van der Waals surface area contributed by atoms with E-state index in [-0.39, 0.29) is 13.1 Å². The van der Waals surface area contributed by atoms with E-state index in [0.717, 1.165) is 16.8 Å². The van der Waals surface area contributed by atoms with Crippen LogP contribution in [0.15, 0.2) is 96.1 Å². The third-order valence-corrected chi connectivity index (χ3v) is 8.33. The van der Waals surface area contributed by atoms with Crippen molar-refractivity contribution in [2.24, 2.45) is 5.10 Å². The zero-order valence-corrected chi connectivity index (χ0v) is 22.9. The molecule has 0 bridgehead atoms. The Bertz CT molecular complexity index is 1600. The van der Waals surface area contributed by atoms with Gasteiger partial charge >= 0.3 is 10.2 Å². The molecular formula is C29H28N6O4S. The Balaban J connectivity index is 1.52. The van der Waals surface area contributed by atoms with E-state index >= 15 is 0 Å². The Hall–Kier alpha value is -4.77. The fraction of sp³-hybridized carbons (Fsp3) is 0.172. The van der Waals surface area contributed by atoms with Gasteiger partial charge in [0.15, 0.2) is 0 Å². The van der Waals surface area contributed by atoms with Gasteiger partial charge in [-0.2, -0.15) is 18.6 Å². The summed E-state index contributed by atoms with van der Waals surface area (Å²) in [5, 5.41) is 8.77. The van der Waals surface area contributed by atoms with Crippen molar-refractivity contribution in [2.75, 3.05) is 5.43 Å². The highest BCUT2D eigenvalue weighted by Gasteiger charge is 2.48. The van der Waals surface area contributed by atoms with Crippen LogP contribution in [0.4, 0.5) is 5.82 Å². The van der Waals surface area contributed by atoms with Gasteiger partial charge < -0.3 is 0 Å². The number of aryl methyl sites for hydroxylation is 1. The van der Waals surface area contributed by atoms with Crippen LogP contribution in [0.2, 0.25) is 0 Å². The van der Waals surface area contributed by atoms with Crippen molar-refractivity contribution >= 4 is 33.6 Å². The SMILES string of the molecule is Cc1nn(Cc2ccccc2)c(NN=C2C(=O)N(Cc3ccccc3)S(=O)(=O)N(Cc3ccccc3)C2=O)c1C. The van der Waals surface area contributed by atoms with Crippen LogP contribution >= 0.6 is 0 Å². The Morgan fingerprint density at radius 2 is 1.12 bits per heavy atom. The number of carbonyl (C=O) groups is 2. The minimum Gasteiger partial charge on any atom is -0.266 e. The van der Waals surface area contributed by atoms with Gasteiger partial charge in [-0.15, -0.1) is 0 Å². The summed E-state index contributed by atoms with van der Waals surface area (Å²) >= 11 is 0. The highest BCUT2D eigenvalue weighted by Crippen LogP contribution is 2.24. The number of nitrogens with one attached hydrogen (secondary N) is 1. The lowest BCUT2D eigenvalue weighted by molar-refractivity contribution is -0.127. The number of rotatable bonds is 8. The Labute approximate surface area is 232 Å². The molecule has 1 aliphatic rings. The molecule has 0 spiro atoms. The molecule has 5 rings (SSSR count). The molecule has 3 aromatic carbocycles. The van der Waals surface area contributed by atoms with Crippen LogP contribution in [0.5, 0.6) is 0 Å². The van der Waals surface area contributed by atoms with Crippen molar-refractivity contribution in [1.82, 2.24) is 18.4 Å². The first kappa shape index (κ1) is 26.8. The van der Waals surface area contributed by atoms with Crippen molar-refractivity contribution in [3.05, 3.63) is 119 Å². The van der Waals surface area contributed by atoms with Gasteiger partial charge in [0.1, 0.15) is 5.82 Å². The maximum Gasteiger partial charge on any atom is 0.332 e. The maximum atomic E-state index is 13.6. The summed E-state index contributed by atoms with van der Waals surface area (Å²) in [7, 11) is -4.49. The molecule has 1 aromatic heterocycles. The van der Waals surface area contributed by atoms with Gasteiger partial charge in [-0.05, 0) is 30.5 Å². The van der Waals surface area contributed by atoms with E-state index in [2.05, 4.69) is 15.6 Å². The van der Waals surface area contributed by atoms with Crippen molar-refractivity contribution in [3.8, 4) is 0 Å². The zero-order valence-electron chi connectivity index (χ0n) is 22.1. The van der Waals surface area contributed by atoms with Gasteiger partial charge in [-0.25, -0.2) is 13.3 Å². The molecule has 4 aromatic rings. The molecule has 0 atom stereocenters. The van der Waals surface area contributed by atoms with Crippen molar-refractivity contribution < 1.29 is 18.0 Å². The van der Waals surface area contributed by atoms with Crippen LogP contribution in [-0.4, -0.2) is 44.3 Å². The predicted octanol–water partition coefficient (Wildman–Crippen LogP) is 3.63. The number of carbonyl (C=O) groups excluding carboxylic acids is 2. The quantitative estimate of drug-likeness (QED) is 0.331. The predicted molar refractivity (Wildman–Crippen MR) is 151 cm³/mol. The van der Waals surface area contributed by atoms with Gasteiger partial charge in [0.05, 0.1) is 25.3 Å². The van der Waals surface area contributed by atoms with Gasteiger partial charge in [0.25, 0.3) is 11.8 Å². The van der Waals surface area contributed by atoms with Crippen LogP contribution in [0, 0.1) is 13.8 Å². The minimum absolute atomic E-state index is 0.246. The number of aromatic nitrogens is 2. The van der Waals surface area contributed by atoms with E-state index < -0.39 is 27.7 Å². The number of benzene rings is 3. The average Bonchev–Trinajstić information content (AvgIpc) is 3.22. The molecule has 10 nitrogen and oxygen atoms in total. The molecule has 2 heterocycles. The first-order valence-corrected chi connectivity index (χ1v) is 14.0. The third kappa shape index (κ3) is 5.36. The molecule has 1 saturated heterocycles. The number of nitrogens with zero attached hydrogens (tertiary/aromatic N) is 5. The van der Waals surface area contributed by atoms with Crippen LogP contribution in [-0.2, 0) is 39.4 Å². The molecule has 40 heavy (non-hydrogen) atoms. The number of hydrogen-bond donors (Lipinski definition) is 1. The van der Waals surface area contributed by atoms with Crippen molar-refractivity contribution in [3.63, 3.8) is 0 Å². The Kier molecular flexibility index (Phi) is 7.47. The molecule has 1 N–H and O–H groups in total. The van der Waals surface area contributed by atoms with Gasteiger partial charge in [-0.3, -0.25) is 15.0 Å².